The molecule has 3 rings (SSSR count). The van der Waals surface area contributed by atoms with Gasteiger partial charge in [0.25, 0.3) is 0 Å². The van der Waals surface area contributed by atoms with Crippen LogP contribution in [-0.2, 0) is 0 Å². The van der Waals surface area contributed by atoms with Gasteiger partial charge in [0.2, 0.25) is 0 Å². The third kappa shape index (κ3) is 2.78. The lowest BCUT2D eigenvalue weighted by atomic mass is 9.79. The molecule has 1 fully saturated rings. The Morgan fingerprint density at radius 1 is 1.05 bits per heavy atom. The Balaban J connectivity index is 1.82. The van der Waals surface area contributed by atoms with Gasteiger partial charge in [-0.15, -0.1) is 0 Å². The normalized spacial score (nSPS) is 16.8. The van der Waals surface area contributed by atoms with Gasteiger partial charge in [-0.1, -0.05) is 48.4 Å². The molecule has 0 spiro atoms. The zero-order chi connectivity index (χ0) is 14.1. The van der Waals surface area contributed by atoms with Gasteiger partial charge in [0, 0.05) is 4.47 Å². The second kappa shape index (κ2) is 5.88. The lowest BCUT2D eigenvalue weighted by Crippen LogP contribution is -2.13. The van der Waals surface area contributed by atoms with E-state index in [1.807, 2.05) is 18.2 Å². The Bertz CT molecular complexity index is 605. The third-order valence-electron chi connectivity index (χ3n) is 4.17. The van der Waals surface area contributed by atoms with Gasteiger partial charge in [0.05, 0.1) is 11.1 Å². The summed E-state index contributed by atoms with van der Waals surface area (Å²) in [7, 11) is 0. The summed E-state index contributed by atoms with van der Waals surface area (Å²) < 4.78 is 0.899. The maximum Gasteiger partial charge on any atom is 0.0552 e. The van der Waals surface area contributed by atoms with Crippen LogP contribution in [0.2, 0.25) is 5.02 Å². The molecule has 0 bridgehead atoms. The van der Waals surface area contributed by atoms with Gasteiger partial charge in [-0.3, -0.25) is 0 Å². The summed E-state index contributed by atoms with van der Waals surface area (Å²) >= 11 is 9.54. The van der Waals surface area contributed by atoms with Crippen LogP contribution in [0.3, 0.4) is 0 Å². The van der Waals surface area contributed by atoms with E-state index in [0.29, 0.717) is 5.02 Å². The average molecular weight is 351 g/mol. The summed E-state index contributed by atoms with van der Waals surface area (Å²) in [5.41, 5.74) is 9.95. The van der Waals surface area contributed by atoms with E-state index in [2.05, 4.69) is 40.2 Å². The van der Waals surface area contributed by atoms with E-state index in [1.165, 1.54) is 24.8 Å². The van der Waals surface area contributed by atoms with Crippen LogP contribution in [0, 0.1) is 0 Å². The van der Waals surface area contributed by atoms with E-state index >= 15 is 0 Å². The topological polar surface area (TPSA) is 26.0 Å². The van der Waals surface area contributed by atoms with Crippen LogP contribution >= 0.6 is 27.5 Å². The molecule has 0 heterocycles. The first-order valence-corrected chi connectivity index (χ1v) is 8.12. The van der Waals surface area contributed by atoms with Crippen LogP contribution in [-0.4, -0.2) is 0 Å². The summed E-state index contributed by atoms with van der Waals surface area (Å²) in [6.07, 6.45) is 4.02. The van der Waals surface area contributed by atoms with Crippen LogP contribution in [0.25, 0.3) is 0 Å². The number of hydrogen-bond donors (Lipinski definition) is 1. The highest BCUT2D eigenvalue weighted by Gasteiger charge is 2.19. The van der Waals surface area contributed by atoms with Gasteiger partial charge in [0.1, 0.15) is 0 Å². The monoisotopic (exact) mass is 349 g/mol. The summed E-state index contributed by atoms with van der Waals surface area (Å²) in [5, 5.41) is 0.698. The molecule has 1 atom stereocenters. The molecule has 2 N–H and O–H groups in total. The number of nitrogens with two attached hydrogens (primary N) is 1. The fourth-order valence-electron chi connectivity index (χ4n) is 2.62. The SMILES string of the molecule is NC(c1ccc(C2CCC2)cc1)c1ccc(Br)c(Cl)c1. The Kier molecular flexibility index (Phi) is 4.16. The van der Waals surface area contributed by atoms with Crippen molar-refractivity contribution in [3.8, 4) is 0 Å². The summed E-state index contributed by atoms with van der Waals surface area (Å²) in [6.45, 7) is 0. The number of halogens is 2. The van der Waals surface area contributed by atoms with E-state index in [-0.39, 0.29) is 6.04 Å². The maximum absolute atomic E-state index is 6.33. The molecule has 2 aromatic carbocycles. The molecule has 104 valence electrons. The van der Waals surface area contributed by atoms with Crippen molar-refractivity contribution in [3.05, 3.63) is 68.7 Å². The zero-order valence-corrected chi connectivity index (χ0v) is 13.5. The molecule has 1 saturated carbocycles. The number of hydrogen-bond acceptors (Lipinski definition) is 1. The van der Waals surface area contributed by atoms with E-state index in [1.54, 1.807) is 0 Å². The van der Waals surface area contributed by atoms with Gasteiger partial charge in [-0.25, -0.2) is 0 Å². The van der Waals surface area contributed by atoms with Crippen molar-refractivity contribution in [1.29, 1.82) is 0 Å². The molecule has 0 amide bonds. The minimum atomic E-state index is -0.129. The predicted molar refractivity (Wildman–Crippen MR) is 88.2 cm³/mol. The molecule has 1 nitrogen and oxygen atoms in total. The van der Waals surface area contributed by atoms with Gasteiger partial charge in [0.15, 0.2) is 0 Å². The first-order chi connectivity index (χ1) is 9.65. The summed E-state index contributed by atoms with van der Waals surface area (Å²) in [4.78, 5) is 0. The molecule has 2 aromatic rings. The molecule has 1 aliphatic carbocycles. The van der Waals surface area contributed by atoms with E-state index < -0.39 is 0 Å². The van der Waals surface area contributed by atoms with Gasteiger partial charge in [-0.05, 0) is 63.5 Å². The van der Waals surface area contributed by atoms with Crippen LogP contribution in [0.1, 0.15) is 47.9 Å². The highest BCUT2D eigenvalue weighted by Crippen LogP contribution is 2.36. The second-order valence-corrected chi connectivity index (χ2v) is 6.71. The summed E-state index contributed by atoms with van der Waals surface area (Å²) in [5.74, 6) is 0.766. The summed E-state index contributed by atoms with van der Waals surface area (Å²) in [6, 6.07) is 14.5. The first kappa shape index (κ1) is 14.1. The molecule has 0 saturated heterocycles. The number of rotatable bonds is 3. The fraction of sp³-hybridized carbons (Fsp3) is 0.294. The van der Waals surface area contributed by atoms with Crippen molar-refractivity contribution in [1.82, 2.24) is 0 Å². The van der Waals surface area contributed by atoms with Crippen LogP contribution in [0.15, 0.2) is 46.9 Å². The molecular weight excluding hydrogens is 334 g/mol. The lowest BCUT2D eigenvalue weighted by molar-refractivity contribution is 0.419. The molecular formula is C17H17BrClN. The minimum absolute atomic E-state index is 0.129. The standard InChI is InChI=1S/C17H17BrClN/c18-15-9-8-14(10-16(15)19)17(20)13-6-4-12(5-7-13)11-2-1-3-11/h4-11,17H,1-3,20H2. The largest absolute Gasteiger partial charge is 0.320 e. The van der Waals surface area contributed by atoms with Crippen molar-refractivity contribution in [2.24, 2.45) is 5.73 Å². The molecule has 1 aliphatic rings. The molecule has 0 radical (unpaired) electrons. The minimum Gasteiger partial charge on any atom is -0.320 e. The van der Waals surface area contributed by atoms with Crippen LogP contribution < -0.4 is 5.73 Å². The zero-order valence-electron chi connectivity index (χ0n) is 11.2. The van der Waals surface area contributed by atoms with Crippen molar-refractivity contribution in [2.75, 3.05) is 0 Å². The van der Waals surface area contributed by atoms with Gasteiger partial charge >= 0.3 is 0 Å². The number of benzene rings is 2. The highest BCUT2D eigenvalue weighted by atomic mass is 79.9. The third-order valence-corrected chi connectivity index (χ3v) is 5.41. The van der Waals surface area contributed by atoms with Crippen molar-refractivity contribution in [3.63, 3.8) is 0 Å². The Morgan fingerprint density at radius 2 is 1.70 bits per heavy atom. The van der Waals surface area contributed by atoms with Crippen molar-refractivity contribution in [2.45, 2.75) is 31.2 Å². The molecule has 3 heteroatoms. The van der Waals surface area contributed by atoms with Gasteiger partial charge in [-0.2, -0.15) is 0 Å². The van der Waals surface area contributed by atoms with E-state index in [9.17, 15) is 0 Å². The fourth-order valence-corrected chi connectivity index (χ4v) is 3.05. The highest BCUT2D eigenvalue weighted by molar-refractivity contribution is 9.10. The Morgan fingerprint density at radius 3 is 2.25 bits per heavy atom. The first-order valence-electron chi connectivity index (χ1n) is 6.95. The molecule has 0 aromatic heterocycles. The van der Waals surface area contributed by atoms with Gasteiger partial charge < -0.3 is 5.73 Å². The van der Waals surface area contributed by atoms with Crippen molar-refractivity contribution >= 4 is 27.5 Å². The average Bonchev–Trinajstić information content (AvgIpc) is 2.40. The van der Waals surface area contributed by atoms with Crippen LogP contribution in [0.5, 0.6) is 0 Å². The predicted octanol–water partition coefficient (Wildman–Crippen LogP) is 5.42. The van der Waals surface area contributed by atoms with E-state index in [0.717, 1.165) is 21.5 Å². The van der Waals surface area contributed by atoms with E-state index in [4.69, 9.17) is 17.3 Å². The Hall–Kier alpha value is -0.830. The second-order valence-electron chi connectivity index (χ2n) is 5.45. The molecule has 20 heavy (non-hydrogen) atoms. The van der Waals surface area contributed by atoms with Crippen molar-refractivity contribution < 1.29 is 0 Å². The lowest BCUT2D eigenvalue weighted by Gasteiger charge is -2.26. The quantitative estimate of drug-likeness (QED) is 0.786. The maximum atomic E-state index is 6.33. The molecule has 1 unspecified atom stereocenters. The Labute approximate surface area is 133 Å². The van der Waals surface area contributed by atoms with Crippen LogP contribution in [0.4, 0.5) is 0 Å². The smallest absolute Gasteiger partial charge is 0.0552 e. The molecule has 0 aliphatic heterocycles.